The molecular formula is Co3N4W. The van der Waals surface area contributed by atoms with E-state index in [9.17, 15) is 0 Å². The maximum absolute atomic E-state index is 0. The van der Waals surface area contributed by atoms with Gasteiger partial charge in [-0.15, -0.1) is 0 Å². The minimum absolute atomic E-state index is 0. The van der Waals surface area contributed by atoms with Gasteiger partial charge in [0.15, 0.2) is 0 Å². The second-order valence-electron chi connectivity index (χ2n) is 0. The maximum atomic E-state index is 0. The Hall–Kier alpha value is 2.05. The van der Waals surface area contributed by atoms with Crippen molar-refractivity contribution in [3.8, 4) is 0 Å². The van der Waals surface area contributed by atoms with Crippen LogP contribution in [0.15, 0.2) is 0 Å². The first-order valence-corrected chi connectivity index (χ1v) is 0. The van der Waals surface area contributed by atoms with Crippen LogP contribution >= 0.6 is 0 Å². The number of nitrogens with zero attached hydrogens (tertiary/aromatic N) is 4. The van der Waals surface area contributed by atoms with Gasteiger partial charge in [-0.1, -0.05) is 0 Å². The maximum Gasteiger partial charge on any atom is 6.00 e. The average Bonchev–Trinajstić information content (AvgIpc) is 0. The van der Waals surface area contributed by atoms with Crippen molar-refractivity contribution in [3.63, 3.8) is 0 Å². The van der Waals surface area contributed by atoms with Gasteiger partial charge in [0.05, 0.1) is 0 Å². The molecule has 0 aromatic rings. The molecule has 0 spiro atoms. The quantitative estimate of drug-likeness (QED) is 0.562. The fourth-order valence-corrected chi connectivity index (χ4v) is 0. The molecule has 0 fully saturated rings. The van der Waals surface area contributed by atoms with E-state index in [-0.39, 0.29) is 96.0 Å². The van der Waals surface area contributed by atoms with Crippen LogP contribution in [0.5, 0.6) is 0 Å². The van der Waals surface area contributed by atoms with E-state index in [0.29, 0.717) is 0 Å². The first kappa shape index (κ1) is 196. The molecule has 0 N–H and O–H groups in total. The normalized spacial score (nSPS) is 0. The molecule has 0 saturated heterocycles. The fourth-order valence-electron chi connectivity index (χ4n) is 0. The van der Waals surface area contributed by atoms with Crippen LogP contribution in [-0.4, -0.2) is 0 Å². The van der Waals surface area contributed by atoms with Crippen molar-refractivity contribution in [2.45, 2.75) is 0 Å². The summed E-state index contributed by atoms with van der Waals surface area (Å²) in [6.45, 7) is 0. The van der Waals surface area contributed by atoms with Crippen molar-refractivity contribution in [3.05, 3.63) is 24.6 Å². The van der Waals surface area contributed by atoms with Crippen LogP contribution in [0, 0.1) is 0 Å². The molecule has 3 radical (unpaired) electrons. The summed E-state index contributed by atoms with van der Waals surface area (Å²) >= 11 is 0. The van der Waals surface area contributed by atoms with Crippen LogP contribution in [0.1, 0.15) is 0 Å². The van der Waals surface area contributed by atoms with Gasteiger partial charge in [0.25, 0.3) is 0 Å². The first-order valence-electron chi connectivity index (χ1n) is 0. The van der Waals surface area contributed by atoms with Gasteiger partial charge in [0.2, 0.25) is 0 Å². The average molecular weight is 417 g/mol. The zero-order valence-electron chi connectivity index (χ0n) is 3.20. The third kappa shape index (κ3) is 95.3. The fraction of sp³-hybridized carbons (Fsp3) is 0. The van der Waals surface area contributed by atoms with Crippen LogP contribution in [0.2, 0.25) is 0 Å². The predicted molar refractivity (Wildman–Crippen MR) is 13.4 cm³/mol. The molecule has 0 unspecified atom stereocenters. The number of hydrogen-bond donors (Lipinski definition) is 0. The van der Waals surface area contributed by atoms with Gasteiger partial charge in [-0.05, 0) is 0 Å². The zero-order chi connectivity index (χ0) is 0. The molecule has 0 aliphatic heterocycles. The van der Waals surface area contributed by atoms with E-state index in [2.05, 4.69) is 0 Å². The van der Waals surface area contributed by atoms with Crippen molar-refractivity contribution in [2.24, 2.45) is 0 Å². The summed E-state index contributed by atoms with van der Waals surface area (Å²) < 4.78 is 0. The largest absolute Gasteiger partial charge is 6.00 e. The van der Waals surface area contributed by atoms with E-state index in [1.165, 1.54) is 0 Å². The Morgan fingerprint density at radius 1 is 0.375 bits per heavy atom. The van der Waals surface area contributed by atoms with Gasteiger partial charge in [-0.25, -0.2) is 0 Å². The molecule has 8 heavy (non-hydrogen) atoms. The third-order valence-electron chi connectivity index (χ3n) is 0. The molecule has 0 bridgehead atoms. The molecule has 0 saturated carbocycles. The third-order valence-corrected chi connectivity index (χ3v) is 0. The van der Waals surface area contributed by atoms with E-state index in [0.717, 1.165) is 0 Å². The van der Waals surface area contributed by atoms with E-state index in [1.54, 1.807) is 0 Å². The molecule has 53 valence electrons. The molecular weight excluding hydrogens is 417 g/mol. The SMILES string of the molecule is [Co+2].[Co+2].[Co+2].[N-3].[N-3].[N-3].[N-3].[W+6]. The van der Waals surface area contributed by atoms with Crippen LogP contribution in [0.25, 0.3) is 24.6 Å². The minimum atomic E-state index is 0. The standard InChI is InChI=1S/3Co.4N.W/q3*+2;4*-3;+6. The van der Waals surface area contributed by atoms with Crippen molar-refractivity contribution in [2.75, 3.05) is 0 Å². The first-order chi connectivity index (χ1) is 0. The number of rotatable bonds is 0. The summed E-state index contributed by atoms with van der Waals surface area (Å²) in [7, 11) is 0. The van der Waals surface area contributed by atoms with Gasteiger partial charge in [-0.2, -0.15) is 0 Å². The van der Waals surface area contributed by atoms with Crippen molar-refractivity contribution in [1.82, 2.24) is 0 Å². The molecule has 0 aromatic heterocycles. The van der Waals surface area contributed by atoms with E-state index >= 15 is 0 Å². The van der Waals surface area contributed by atoms with E-state index in [4.69, 9.17) is 0 Å². The summed E-state index contributed by atoms with van der Waals surface area (Å²) in [5, 5.41) is 0. The van der Waals surface area contributed by atoms with Crippen molar-refractivity contribution in [1.29, 1.82) is 0 Å². The smallest absolute Gasteiger partial charge is 3.00 e. The van der Waals surface area contributed by atoms with E-state index in [1.807, 2.05) is 0 Å². The van der Waals surface area contributed by atoms with Crippen molar-refractivity contribution < 1.29 is 71.4 Å². The van der Waals surface area contributed by atoms with Gasteiger partial charge in [0.1, 0.15) is 0 Å². The number of hydrogen-bond acceptors (Lipinski definition) is 0. The van der Waals surface area contributed by atoms with E-state index < -0.39 is 0 Å². The zero-order valence-corrected chi connectivity index (χ0v) is 9.25. The van der Waals surface area contributed by atoms with Gasteiger partial charge in [0, 0.05) is 0 Å². The van der Waals surface area contributed by atoms with Gasteiger partial charge >= 0.3 is 71.4 Å². The summed E-state index contributed by atoms with van der Waals surface area (Å²) in [6.07, 6.45) is 0. The second-order valence-corrected chi connectivity index (χ2v) is 0. The monoisotopic (exact) mass is 417 g/mol. The van der Waals surface area contributed by atoms with Crippen LogP contribution < -0.4 is 0 Å². The topological polar surface area (TPSA) is 122 Å². The Morgan fingerprint density at radius 2 is 0.375 bits per heavy atom. The molecule has 0 aliphatic carbocycles. The van der Waals surface area contributed by atoms with Crippen LogP contribution in [-0.2, 0) is 71.4 Å². The molecule has 0 aliphatic rings. The van der Waals surface area contributed by atoms with Gasteiger partial charge in [-0.3, -0.25) is 0 Å². The summed E-state index contributed by atoms with van der Waals surface area (Å²) in [5.74, 6) is 0. The Balaban J connectivity index is 0. The second kappa shape index (κ2) is 140. The molecule has 0 rings (SSSR count). The molecule has 0 amide bonds. The van der Waals surface area contributed by atoms with Crippen molar-refractivity contribution >= 4 is 0 Å². The van der Waals surface area contributed by atoms with Crippen LogP contribution in [0.4, 0.5) is 0 Å². The van der Waals surface area contributed by atoms with Crippen LogP contribution in [0.3, 0.4) is 0 Å². The molecule has 0 aromatic carbocycles. The molecule has 8 heteroatoms. The Labute approximate surface area is 95.3 Å². The molecule has 4 nitrogen and oxygen atoms in total. The molecule has 0 heterocycles. The summed E-state index contributed by atoms with van der Waals surface area (Å²) in [4.78, 5) is 0. The molecule has 0 atom stereocenters. The predicted octanol–water partition coefficient (Wildman–Crippen LogP) is 1.14. The Bertz CT molecular complexity index is 11.2. The summed E-state index contributed by atoms with van der Waals surface area (Å²) in [5.41, 5.74) is 0. The Morgan fingerprint density at radius 3 is 0.375 bits per heavy atom. The van der Waals surface area contributed by atoms with Gasteiger partial charge < -0.3 is 24.6 Å². The minimum Gasteiger partial charge on any atom is -3.00 e. The summed E-state index contributed by atoms with van der Waals surface area (Å²) in [6, 6.07) is 0. The Kier molecular flexibility index (Phi) is 3430.